The molecule has 2 saturated carbocycles. The minimum atomic E-state index is 1.01. The van der Waals surface area contributed by atoms with E-state index in [1.807, 2.05) is 0 Å². The van der Waals surface area contributed by atoms with Crippen molar-refractivity contribution < 1.29 is 0 Å². The molecule has 0 nitrogen and oxygen atoms in total. The maximum atomic E-state index is 3.58. The molecule has 0 aromatic heterocycles. The molecule has 16 heavy (non-hydrogen) atoms. The lowest BCUT2D eigenvalue weighted by Gasteiger charge is -2.37. The number of hydrogen-bond acceptors (Lipinski definition) is 0. The lowest BCUT2D eigenvalue weighted by Crippen LogP contribution is -2.25. The molecule has 2 rings (SSSR count). The van der Waals surface area contributed by atoms with Crippen LogP contribution in [0.4, 0.5) is 0 Å². The summed E-state index contributed by atoms with van der Waals surface area (Å²) >= 11 is 3.58. The van der Waals surface area contributed by atoms with Gasteiger partial charge in [-0.25, -0.2) is 0 Å². The van der Waals surface area contributed by atoms with Crippen molar-refractivity contribution in [2.75, 3.05) is 5.33 Å². The normalized spacial score (nSPS) is 40.9. The van der Waals surface area contributed by atoms with Gasteiger partial charge in [0.1, 0.15) is 0 Å². The molecule has 0 aromatic rings. The molecule has 2 aliphatic carbocycles. The first kappa shape index (κ1) is 12.9. The van der Waals surface area contributed by atoms with Crippen LogP contribution in [0.5, 0.6) is 0 Å². The van der Waals surface area contributed by atoms with E-state index in [9.17, 15) is 0 Å². The van der Waals surface area contributed by atoms with Gasteiger partial charge in [-0.05, 0) is 55.8 Å². The molecule has 0 saturated heterocycles. The van der Waals surface area contributed by atoms with E-state index in [1.165, 1.54) is 63.1 Å². The lowest BCUT2D eigenvalue weighted by molar-refractivity contribution is 0.149. The van der Waals surface area contributed by atoms with Gasteiger partial charge in [0.05, 0.1) is 0 Å². The maximum Gasteiger partial charge on any atom is 0.00339 e. The Hall–Kier alpha value is 0.480. The third kappa shape index (κ3) is 3.48. The Balaban J connectivity index is 1.72. The van der Waals surface area contributed by atoms with Crippen LogP contribution < -0.4 is 0 Å². The first-order chi connectivity index (χ1) is 7.79. The molecule has 0 amide bonds. The molecule has 0 aromatic carbocycles. The van der Waals surface area contributed by atoms with Crippen LogP contribution in [0.2, 0.25) is 0 Å². The molecule has 0 heterocycles. The minimum absolute atomic E-state index is 1.01. The van der Waals surface area contributed by atoms with Gasteiger partial charge in [0, 0.05) is 5.33 Å². The van der Waals surface area contributed by atoms with Crippen molar-refractivity contribution in [2.45, 2.75) is 64.7 Å². The van der Waals surface area contributed by atoms with E-state index >= 15 is 0 Å². The van der Waals surface area contributed by atoms with Crippen LogP contribution in [0, 0.1) is 23.7 Å². The maximum absolute atomic E-state index is 3.58. The molecule has 0 unspecified atom stereocenters. The molecule has 94 valence electrons. The third-order valence-corrected chi connectivity index (χ3v) is 5.59. The first-order valence-electron chi connectivity index (χ1n) is 7.35. The summed E-state index contributed by atoms with van der Waals surface area (Å²) in [6.07, 6.45) is 13.6. The van der Waals surface area contributed by atoms with Crippen molar-refractivity contribution >= 4 is 15.9 Å². The molecular formula is C15H27Br. The van der Waals surface area contributed by atoms with Gasteiger partial charge in [0.25, 0.3) is 0 Å². The van der Waals surface area contributed by atoms with Crippen molar-refractivity contribution in [2.24, 2.45) is 23.7 Å². The van der Waals surface area contributed by atoms with Crippen LogP contribution in [-0.4, -0.2) is 5.33 Å². The number of hydrogen-bond donors (Lipinski definition) is 0. The van der Waals surface area contributed by atoms with Crippen molar-refractivity contribution in [1.82, 2.24) is 0 Å². The Morgan fingerprint density at radius 3 is 1.81 bits per heavy atom. The van der Waals surface area contributed by atoms with Crippen molar-refractivity contribution in [3.63, 3.8) is 0 Å². The standard InChI is InChI=1S/C15H27Br/c1-12-2-6-14(7-3-12)15-8-4-13(5-9-15)10-11-16/h12-15H,2-11H2,1H3. The summed E-state index contributed by atoms with van der Waals surface area (Å²) in [6, 6.07) is 0. The van der Waals surface area contributed by atoms with Crippen molar-refractivity contribution in [3.05, 3.63) is 0 Å². The zero-order chi connectivity index (χ0) is 11.4. The fourth-order valence-corrected chi connectivity index (χ4v) is 4.51. The molecular weight excluding hydrogens is 260 g/mol. The van der Waals surface area contributed by atoms with Crippen molar-refractivity contribution in [1.29, 1.82) is 0 Å². The van der Waals surface area contributed by atoms with Gasteiger partial charge in [-0.15, -0.1) is 0 Å². The fourth-order valence-electron chi connectivity index (χ4n) is 3.86. The molecule has 2 fully saturated rings. The van der Waals surface area contributed by atoms with Crippen LogP contribution in [-0.2, 0) is 0 Å². The van der Waals surface area contributed by atoms with Gasteiger partial charge in [0.15, 0.2) is 0 Å². The molecule has 1 heteroatoms. The second kappa shape index (κ2) is 6.42. The largest absolute Gasteiger partial charge is 0.0928 e. The van der Waals surface area contributed by atoms with Crippen LogP contribution in [0.1, 0.15) is 64.7 Å². The Bertz CT molecular complexity index is 186. The highest BCUT2D eigenvalue weighted by Gasteiger charge is 2.29. The Labute approximate surface area is 110 Å². The second-order valence-corrected chi connectivity index (χ2v) is 7.07. The van der Waals surface area contributed by atoms with Gasteiger partial charge in [0.2, 0.25) is 0 Å². The summed E-state index contributed by atoms with van der Waals surface area (Å²) in [5.74, 6) is 4.25. The smallest absolute Gasteiger partial charge is 0.00339 e. The summed E-state index contributed by atoms with van der Waals surface area (Å²) in [7, 11) is 0. The Morgan fingerprint density at radius 2 is 1.31 bits per heavy atom. The number of rotatable bonds is 3. The second-order valence-electron chi connectivity index (χ2n) is 6.28. The van der Waals surface area contributed by atoms with Gasteiger partial charge in [-0.1, -0.05) is 48.5 Å². The molecule has 0 bridgehead atoms. The van der Waals surface area contributed by atoms with Crippen LogP contribution in [0.25, 0.3) is 0 Å². The summed E-state index contributed by atoms with van der Waals surface area (Å²) in [5, 5.41) is 1.21. The SMILES string of the molecule is CC1CCC(C2CCC(CCBr)CC2)CC1. The number of halogens is 1. The quantitative estimate of drug-likeness (QED) is 0.609. The van der Waals surface area contributed by atoms with E-state index in [2.05, 4.69) is 22.9 Å². The van der Waals surface area contributed by atoms with Crippen LogP contribution in [0.3, 0.4) is 0 Å². The Morgan fingerprint density at radius 1 is 0.812 bits per heavy atom. The zero-order valence-electron chi connectivity index (χ0n) is 10.8. The fraction of sp³-hybridized carbons (Fsp3) is 1.00. The molecule has 0 spiro atoms. The summed E-state index contributed by atoms with van der Waals surface area (Å²) in [6.45, 7) is 2.43. The van der Waals surface area contributed by atoms with Crippen LogP contribution in [0.15, 0.2) is 0 Å². The molecule has 0 N–H and O–H groups in total. The van der Waals surface area contributed by atoms with E-state index < -0.39 is 0 Å². The highest BCUT2D eigenvalue weighted by Crippen LogP contribution is 2.41. The zero-order valence-corrected chi connectivity index (χ0v) is 12.3. The predicted molar refractivity (Wildman–Crippen MR) is 75.0 cm³/mol. The highest BCUT2D eigenvalue weighted by atomic mass is 79.9. The average Bonchev–Trinajstić information content (AvgIpc) is 2.32. The highest BCUT2D eigenvalue weighted by molar-refractivity contribution is 9.09. The van der Waals surface area contributed by atoms with E-state index in [0.717, 1.165) is 23.7 Å². The summed E-state index contributed by atoms with van der Waals surface area (Å²) < 4.78 is 0. The third-order valence-electron chi connectivity index (χ3n) is 5.14. The lowest BCUT2D eigenvalue weighted by atomic mass is 9.69. The molecule has 0 atom stereocenters. The van der Waals surface area contributed by atoms with Gasteiger partial charge >= 0.3 is 0 Å². The summed E-state index contributed by atoms with van der Waals surface area (Å²) in [5.41, 5.74) is 0. The van der Waals surface area contributed by atoms with E-state index in [0.29, 0.717) is 0 Å². The molecule has 0 radical (unpaired) electrons. The average molecular weight is 287 g/mol. The minimum Gasteiger partial charge on any atom is -0.0928 e. The Kier molecular flexibility index (Phi) is 5.19. The van der Waals surface area contributed by atoms with E-state index in [1.54, 1.807) is 0 Å². The monoisotopic (exact) mass is 286 g/mol. The van der Waals surface area contributed by atoms with Crippen molar-refractivity contribution in [3.8, 4) is 0 Å². The summed E-state index contributed by atoms with van der Waals surface area (Å²) in [4.78, 5) is 0. The van der Waals surface area contributed by atoms with Crippen LogP contribution >= 0.6 is 15.9 Å². The van der Waals surface area contributed by atoms with Gasteiger partial charge < -0.3 is 0 Å². The van der Waals surface area contributed by atoms with E-state index in [4.69, 9.17) is 0 Å². The van der Waals surface area contributed by atoms with E-state index in [-0.39, 0.29) is 0 Å². The van der Waals surface area contributed by atoms with Gasteiger partial charge in [-0.3, -0.25) is 0 Å². The topological polar surface area (TPSA) is 0 Å². The number of alkyl halides is 1. The predicted octanol–water partition coefficient (Wildman–Crippen LogP) is 5.40. The first-order valence-corrected chi connectivity index (χ1v) is 8.47. The molecule has 0 aliphatic heterocycles. The van der Waals surface area contributed by atoms with Gasteiger partial charge in [-0.2, -0.15) is 0 Å². The molecule has 2 aliphatic rings.